The van der Waals surface area contributed by atoms with E-state index in [4.69, 9.17) is 18.7 Å². The fourth-order valence-corrected chi connectivity index (χ4v) is 2.05. The normalized spacial score (nSPS) is 16.8. The van der Waals surface area contributed by atoms with E-state index in [9.17, 15) is 5.11 Å². The molecule has 0 saturated heterocycles. The summed E-state index contributed by atoms with van der Waals surface area (Å²) in [5.41, 5.74) is 1.49. The van der Waals surface area contributed by atoms with Crippen molar-refractivity contribution >= 4 is 0 Å². The zero-order valence-electron chi connectivity index (χ0n) is 11.0. The lowest BCUT2D eigenvalue weighted by atomic mass is 10.1. The third-order valence-electron chi connectivity index (χ3n) is 3.02. The van der Waals surface area contributed by atoms with Gasteiger partial charge in [-0.2, -0.15) is 0 Å². The number of aromatic nitrogens is 1. The summed E-state index contributed by atoms with van der Waals surface area (Å²) in [6, 6.07) is 7.16. The lowest BCUT2D eigenvalue weighted by molar-refractivity contribution is 0.140. The lowest BCUT2D eigenvalue weighted by Crippen LogP contribution is -1.97. The van der Waals surface area contributed by atoms with Gasteiger partial charge in [0.05, 0.1) is 0 Å². The van der Waals surface area contributed by atoms with E-state index >= 15 is 0 Å². The average molecular weight is 277 g/mol. The van der Waals surface area contributed by atoms with Crippen LogP contribution in [0.15, 0.2) is 28.8 Å². The zero-order chi connectivity index (χ0) is 13.9. The van der Waals surface area contributed by atoms with E-state index in [0.29, 0.717) is 42.8 Å². The molecule has 2 aromatic rings. The molecule has 0 aliphatic carbocycles. The van der Waals surface area contributed by atoms with Gasteiger partial charge < -0.3 is 23.8 Å². The number of nitrogens with zero attached hydrogens (tertiary/aromatic N) is 1. The SMILES string of the molecule is COCc1cc(COc2ccc3c(c2)OCC3O)no1. The lowest BCUT2D eigenvalue weighted by Gasteiger charge is -2.06. The van der Waals surface area contributed by atoms with Crippen LogP contribution in [0, 0.1) is 0 Å². The van der Waals surface area contributed by atoms with E-state index < -0.39 is 6.10 Å². The molecule has 0 bridgehead atoms. The smallest absolute Gasteiger partial charge is 0.162 e. The van der Waals surface area contributed by atoms with Crippen molar-refractivity contribution in [3.8, 4) is 11.5 Å². The summed E-state index contributed by atoms with van der Waals surface area (Å²) in [7, 11) is 1.59. The third-order valence-corrected chi connectivity index (χ3v) is 3.02. The van der Waals surface area contributed by atoms with E-state index in [1.165, 1.54) is 0 Å². The number of methoxy groups -OCH3 is 1. The molecule has 1 aromatic heterocycles. The molecule has 6 heteroatoms. The number of benzene rings is 1. The maximum absolute atomic E-state index is 9.63. The van der Waals surface area contributed by atoms with Crippen molar-refractivity contribution in [3.63, 3.8) is 0 Å². The first-order valence-corrected chi connectivity index (χ1v) is 6.27. The van der Waals surface area contributed by atoms with Crippen LogP contribution in [-0.4, -0.2) is 24.0 Å². The van der Waals surface area contributed by atoms with E-state index in [1.807, 2.05) is 6.07 Å². The van der Waals surface area contributed by atoms with Gasteiger partial charge >= 0.3 is 0 Å². The summed E-state index contributed by atoms with van der Waals surface area (Å²) >= 11 is 0. The highest BCUT2D eigenvalue weighted by Crippen LogP contribution is 2.35. The second-order valence-electron chi connectivity index (χ2n) is 4.53. The molecular weight excluding hydrogens is 262 g/mol. The first-order chi connectivity index (χ1) is 9.76. The molecule has 0 radical (unpaired) electrons. The van der Waals surface area contributed by atoms with Crippen molar-refractivity contribution in [2.75, 3.05) is 13.7 Å². The van der Waals surface area contributed by atoms with Crippen LogP contribution in [0.25, 0.3) is 0 Å². The molecule has 0 fully saturated rings. The van der Waals surface area contributed by atoms with Crippen LogP contribution in [0.1, 0.15) is 23.1 Å². The Balaban J connectivity index is 1.63. The Morgan fingerprint density at radius 1 is 1.35 bits per heavy atom. The minimum Gasteiger partial charge on any atom is -0.490 e. The molecule has 1 aromatic carbocycles. The molecule has 106 valence electrons. The number of aliphatic hydroxyl groups is 1. The van der Waals surface area contributed by atoms with E-state index in [-0.39, 0.29) is 0 Å². The van der Waals surface area contributed by atoms with Gasteiger partial charge in [-0.15, -0.1) is 0 Å². The van der Waals surface area contributed by atoms with E-state index in [0.717, 1.165) is 5.56 Å². The standard InChI is InChI=1S/C14H15NO5/c1-17-7-11-4-9(15-20-11)6-18-10-2-3-12-13(16)8-19-14(12)5-10/h2-5,13,16H,6-8H2,1H3. The molecule has 1 atom stereocenters. The summed E-state index contributed by atoms with van der Waals surface area (Å²) < 4.78 is 21.0. The molecule has 0 saturated carbocycles. The Morgan fingerprint density at radius 3 is 3.10 bits per heavy atom. The average Bonchev–Trinajstić information content (AvgIpc) is 3.04. The third kappa shape index (κ3) is 2.61. The number of hydrogen-bond acceptors (Lipinski definition) is 6. The molecule has 3 rings (SSSR count). The molecule has 1 aliphatic heterocycles. The van der Waals surface area contributed by atoms with Crippen molar-refractivity contribution in [2.45, 2.75) is 19.3 Å². The van der Waals surface area contributed by atoms with Crippen LogP contribution in [0.5, 0.6) is 11.5 Å². The molecule has 1 N–H and O–H groups in total. The molecule has 2 heterocycles. The fraction of sp³-hybridized carbons (Fsp3) is 0.357. The van der Waals surface area contributed by atoms with Gasteiger partial charge in [-0.05, 0) is 12.1 Å². The minimum absolute atomic E-state index is 0.294. The zero-order valence-corrected chi connectivity index (χ0v) is 11.0. The molecule has 1 unspecified atom stereocenters. The monoisotopic (exact) mass is 277 g/mol. The largest absolute Gasteiger partial charge is 0.490 e. The first-order valence-electron chi connectivity index (χ1n) is 6.27. The Hall–Kier alpha value is -2.05. The maximum Gasteiger partial charge on any atom is 0.162 e. The first kappa shape index (κ1) is 13.0. The fourth-order valence-electron chi connectivity index (χ4n) is 2.05. The second-order valence-corrected chi connectivity index (χ2v) is 4.53. The Bertz CT molecular complexity index is 595. The number of fused-ring (bicyclic) bond motifs is 1. The predicted molar refractivity (Wildman–Crippen MR) is 68.4 cm³/mol. The van der Waals surface area contributed by atoms with Crippen LogP contribution in [0.2, 0.25) is 0 Å². The summed E-state index contributed by atoms with van der Waals surface area (Å²) in [5.74, 6) is 1.98. The quantitative estimate of drug-likeness (QED) is 0.898. The highest BCUT2D eigenvalue weighted by atomic mass is 16.5. The van der Waals surface area contributed by atoms with Crippen LogP contribution in [-0.2, 0) is 18.0 Å². The Labute approximate surface area is 115 Å². The van der Waals surface area contributed by atoms with Gasteiger partial charge in [0.2, 0.25) is 0 Å². The van der Waals surface area contributed by atoms with Crippen LogP contribution >= 0.6 is 0 Å². The van der Waals surface area contributed by atoms with Crippen molar-refractivity contribution in [3.05, 3.63) is 41.3 Å². The van der Waals surface area contributed by atoms with Crippen molar-refractivity contribution < 1.29 is 23.8 Å². The summed E-state index contributed by atoms with van der Waals surface area (Å²) in [6.45, 7) is 0.981. The van der Waals surface area contributed by atoms with Gasteiger partial charge in [0.1, 0.15) is 43.1 Å². The van der Waals surface area contributed by atoms with Crippen LogP contribution in [0.3, 0.4) is 0 Å². The maximum atomic E-state index is 9.63. The molecule has 20 heavy (non-hydrogen) atoms. The highest BCUT2D eigenvalue weighted by Gasteiger charge is 2.22. The molecule has 0 amide bonds. The van der Waals surface area contributed by atoms with Gasteiger partial charge in [0, 0.05) is 24.8 Å². The number of hydrogen-bond donors (Lipinski definition) is 1. The summed E-state index contributed by atoms with van der Waals surface area (Å²) in [6.07, 6.45) is -0.550. The van der Waals surface area contributed by atoms with Gasteiger partial charge in [-0.25, -0.2) is 0 Å². The number of aliphatic hydroxyl groups excluding tert-OH is 1. The predicted octanol–water partition coefficient (Wildman–Crippen LogP) is 1.83. The minimum atomic E-state index is -0.550. The number of ether oxygens (including phenoxy) is 3. The number of rotatable bonds is 5. The second kappa shape index (κ2) is 5.52. The van der Waals surface area contributed by atoms with Gasteiger partial charge in [-0.3, -0.25) is 0 Å². The molecule has 1 aliphatic rings. The van der Waals surface area contributed by atoms with Crippen LogP contribution < -0.4 is 9.47 Å². The van der Waals surface area contributed by atoms with E-state index in [1.54, 1.807) is 25.3 Å². The Morgan fingerprint density at radius 2 is 2.25 bits per heavy atom. The van der Waals surface area contributed by atoms with Gasteiger partial charge in [0.15, 0.2) is 5.76 Å². The van der Waals surface area contributed by atoms with Gasteiger partial charge in [-0.1, -0.05) is 5.16 Å². The van der Waals surface area contributed by atoms with Crippen molar-refractivity contribution in [1.29, 1.82) is 0 Å². The van der Waals surface area contributed by atoms with E-state index in [2.05, 4.69) is 5.16 Å². The van der Waals surface area contributed by atoms with Crippen molar-refractivity contribution in [2.24, 2.45) is 0 Å². The van der Waals surface area contributed by atoms with Crippen LogP contribution in [0.4, 0.5) is 0 Å². The van der Waals surface area contributed by atoms with Gasteiger partial charge in [0.25, 0.3) is 0 Å². The molecular formula is C14H15NO5. The molecule has 0 spiro atoms. The molecule has 6 nitrogen and oxygen atoms in total. The summed E-state index contributed by atoms with van der Waals surface area (Å²) in [5, 5.41) is 13.5. The summed E-state index contributed by atoms with van der Waals surface area (Å²) in [4.78, 5) is 0. The topological polar surface area (TPSA) is 74.0 Å². The highest BCUT2D eigenvalue weighted by molar-refractivity contribution is 5.44. The van der Waals surface area contributed by atoms with Crippen molar-refractivity contribution in [1.82, 2.24) is 5.16 Å². The Kier molecular flexibility index (Phi) is 3.58.